The number of hydrogen-bond acceptors (Lipinski definition) is 4. The lowest BCUT2D eigenvalue weighted by Gasteiger charge is -2.41. The maximum Gasteiger partial charge on any atom is 0.191 e. The molecule has 0 radical (unpaired) electrons. The molecule has 0 bridgehead atoms. The molecule has 1 aromatic carbocycles. The van der Waals surface area contributed by atoms with E-state index in [4.69, 9.17) is 9.73 Å². The van der Waals surface area contributed by atoms with Crippen LogP contribution in [-0.4, -0.2) is 81.3 Å². The number of hydrogen-bond donors (Lipinski definition) is 2. The zero-order chi connectivity index (χ0) is 21.1. The van der Waals surface area contributed by atoms with Crippen molar-refractivity contribution in [2.75, 3.05) is 60.0 Å². The van der Waals surface area contributed by atoms with E-state index < -0.39 is 0 Å². The van der Waals surface area contributed by atoms with E-state index in [1.54, 1.807) is 0 Å². The van der Waals surface area contributed by atoms with Crippen LogP contribution in [0.15, 0.2) is 35.3 Å². The summed E-state index contributed by atoms with van der Waals surface area (Å²) < 4.78 is 5.60. The highest BCUT2D eigenvalue weighted by Crippen LogP contribution is 2.26. The predicted molar refractivity (Wildman–Crippen MR) is 123 cm³/mol. The van der Waals surface area contributed by atoms with Gasteiger partial charge in [0.15, 0.2) is 5.96 Å². The van der Waals surface area contributed by atoms with Crippen LogP contribution in [0.2, 0.25) is 0 Å². The number of aliphatic imine (C=N–C) groups is 1. The van der Waals surface area contributed by atoms with Gasteiger partial charge in [-0.05, 0) is 52.5 Å². The summed E-state index contributed by atoms with van der Waals surface area (Å²) in [5, 5.41) is 7.04. The van der Waals surface area contributed by atoms with Gasteiger partial charge in [-0.15, -0.1) is 0 Å². The second-order valence-electron chi connectivity index (χ2n) is 7.95. The van der Waals surface area contributed by atoms with Gasteiger partial charge in [0.1, 0.15) is 0 Å². The van der Waals surface area contributed by atoms with Crippen LogP contribution in [0.25, 0.3) is 0 Å². The standard InChI is InChI=1S/C23H41N5O/c1-6-24-22(26-19-23(27(4)5)14-16-29-17-15-23)25-18-21(28(7-2)8-3)20-12-10-9-11-13-20/h9-13,21H,6-8,14-19H2,1-5H3,(H2,24,25,26). The number of nitrogens with one attached hydrogen (secondary N) is 2. The molecule has 0 amide bonds. The van der Waals surface area contributed by atoms with Crippen molar-refractivity contribution in [1.82, 2.24) is 20.4 Å². The largest absolute Gasteiger partial charge is 0.381 e. The highest BCUT2D eigenvalue weighted by atomic mass is 16.5. The SMILES string of the molecule is CCNC(=NCC1(N(C)C)CCOCC1)NCC(c1ccccc1)N(CC)CC. The molecule has 6 nitrogen and oxygen atoms in total. The number of likely N-dealkylation sites (N-methyl/N-ethyl adjacent to an activating group) is 2. The van der Waals surface area contributed by atoms with E-state index in [1.165, 1.54) is 5.56 Å². The third kappa shape index (κ3) is 6.69. The van der Waals surface area contributed by atoms with Crippen LogP contribution >= 0.6 is 0 Å². The van der Waals surface area contributed by atoms with E-state index in [1.807, 2.05) is 0 Å². The van der Waals surface area contributed by atoms with Crippen LogP contribution < -0.4 is 10.6 Å². The Morgan fingerprint density at radius 2 is 1.72 bits per heavy atom. The number of guanidine groups is 1. The Kier molecular flexibility index (Phi) is 9.91. The summed E-state index contributed by atoms with van der Waals surface area (Å²) in [7, 11) is 4.32. The van der Waals surface area contributed by atoms with Crippen LogP contribution in [0.5, 0.6) is 0 Å². The average molecular weight is 404 g/mol. The van der Waals surface area contributed by atoms with Gasteiger partial charge >= 0.3 is 0 Å². The minimum atomic E-state index is 0.0817. The van der Waals surface area contributed by atoms with E-state index in [-0.39, 0.29) is 5.54 Å². The van der Waals surface area contributed by atoms with Gasteiger partial charge in [0.2, 0.25) is 0 Å². The molecule has 1 saturated heterocycles. The van der Waals surface area contributed by atoms with Crippen molar-refractivity contribution in [3.63, 3.8) is 0 Å². The first-order valence-corrected chi connectivity index (χ1v) is 11.1. The van der Waals surface area contributed by atoms with Crippen molar-refractivity contribution >= 4 is 5.96 Å². The normalized spacial score (nSPS) is 18.1. The van der Waals surface area contributed by atoms with E-state index in [0.717, 1.165) is 64.7 Å². The van der Waals surface area contributed by atoms with Crippen molar-refractivity contribution in [3.05, 3.63) is 35.9 Å². The molecule has 0 spiro atoms. The molecule has 2 rings (SSSR count). The Bertz CT molecular complexity index is 595. The van der Waals surface area contributed by atoms with Crippen molar-refractivity contribution in [2.24, 2.45) is 4.99 Å². The molecular formula is C23H41N5O. The Hall–Kier alpha value is -1.63. The molecule has 1 atom stereocenters. The summed E-state index contributed by atoms with van der Waals surface area (Å²) in [6.07, 6.45) is 2.05. The minimum absolute atomic E-state index is 0.0817. The van der Waals surface area contributed by atoms with Crippen molar-refractivity contribution in [1.29, 1.82) is 0 Å². The molecule has 164 valence electrons. The number of benzene rings is 1. The fourth-order valence-electron chi connectivity index (χ4n) is 4.06. The van der Waals surface area contributed by atoms with Gasteiger partial charge in [-0.2, -0.15) is 0 Å². The highest BCUT2D eigenvalue weighted by Gasteiger charge is 2.34. The Morgan fingerprint density at radius 1 is 1.07 bits per heavy atom. The zero-order valence-electron chi connectivity index (χ0n) is 19.1. The third-order valence-electron chi connectivity index (χ3n) is 6.15. The maximum atomic E-state index is 5.60. The summed E-state index contributed by atoms with van der Waals surface area (Å²) in [6, 6.07) is 11.1. The van der Waals surface area contributed by atoms with Crippen molar-refractivity contribution < 1.29 is 4.74 Å². The number of ether oxygens (including phenoxy) is 1. The van der Waals surface area contributed by atoms with Crippen molar-refractivity contribution in [3.8, 4) is 0 Å². The molecule has 2 N–H and O–H groups in total. The fraction of sp³-hybridized carbons (Fsp3) is 0.696. The van der Waals surface area contributed by atoms with Gasteiger partial charge in [-0.3, -0.25) is 9.89 Å². The minimum Gasteiger partial charge on any atom is -0.381 e. The quantitative estimate of drug-likeness (QED) is 0.465. The van der Waals surface area contributed by atoms with Crippen LogP contribution in [0, 0.1) is 0 Å². The Labute approximate surface area is 177 Å². The lowest BCUT2D eigenvalue weighted by molar-refractivity contribution is -0.00255. The molecule has 0 aliphatic carbocycles. The summed E-state index contributed by atoms with van der Waals surface area (Å²) in [4.78, 5) is 9.80. The van der Waals surface area contributed by atoms with Crippen LogP contribution in [0.1, 0.15) is 45.2 Å². The first-order chi connectivity index (χ1) is 14.1. The van der Waals surface area contributed by atoms with Gasteiger partial charge in [0.05, 0.1) is 12.6 Å². The van der Waals surface area contributed by atoms with Crippen LogP contribution in [0.4, 0.5) is 0 Å². The second-order valence-corrected chi connectivity index (χ2v) is 7.95. The molecule has 1 heterocycles. The topological polar surface area (TPSA) is 52.1 Å². The van der Waals surface area contributed by atoms with Gasteiger partial charge < -0.3 is 20.3 Å². The first-order valence-electron chi connectivity index (χ1n) is 11.1. The highest BCUT2D eigenvalue weighted by molar-refractivity contribution is 5.79. The number of rotatable bonds is 10. The molecule has 1 aliphatic rings. The lowest BCUT2D eigenvalue weighted by Crippen LogP contribution is -2.52. The molecule has 6 heteroatoms. The van der Waals surface area contributed by atoms with Crippen LogP contribution in [-0.2, 0) is 4.74 Å². The van der Waals surface area contributed by atoms with Gasteiger partial charge in [0, 0.05) is 31.8 Å². The zero-order valence-corrected chi connectivity index (χ0v) is 19.1. The van der Waals surface area contributed by atoms with Crippen LogP contribution in [0.3, 0.4) is 0 Å². The van der Waals surface area contributed by atoms with Gasteiger partial charge in [-0.25, -0.2) is 0 Å². The molecule has 1 unspecified atom stereocenters. The number of nitrogens with zero attached hydrogens (tertiary/aromatic N) is 3. The lowest BCUT2D eigenvalue weighted by atomic mass is 9.89. The Morgan fingerprint density at radius 3 is 2.28 bits per heavy atom. The maximum absolute atomic E-state index is 5.60. The monoisotopic (exact) mass is 403 g/mol. The average Bonchev–Trinajstić information content (AvgIpc) is 2.76. The van der Waals surface area contributed by atoms with Crippen molar-refractivity contribution in [2.45, 2.75) is 45.2 Å². The van der Waals surface area contributed by atoms with E-state index >= 15 is 0 Å². The second kappa shape index (κ2) is 12.2. The summed E-state index contributed by atoms with van der Waals surface area (Å²) >= 11 is 0. The molecule has 0 aromatic heterocycles. The molecule has 1 aliphatic heterocycles. The smallest absolute Gasteiger partial charge is 0.191 e. The predicted octanol–water partition coefficient (Wildman–Crippen LogP) is 2.74. The Balaban J connectivity index is 2.11. The summed E-state index contributed by atoms with van der Waals surface area (Å²) in [6.45, 7) is 12.7. The fourth-order valence-corrected chi connectivity index (χ4v) is 4.06. The molecule has 1 aromatic rings. The van der Waals surface area contributed by atoms with Gasteiger partial charge in [-0.1, -0.05) is 44.2 Å². The molecule has 0 saturated carbocycles. The first kappa shape index (κ1) is 23.6. The van der Waals surface area contributed by atoms with E-state index in [2.05, 4.69) is 85.6 Å². The third-order valence-corrected chi connectivity index (χ3v) is 6.15. The molecule has 29 heavy (non-hydrogen) atoms. The molecular weight excluding hydrogens is 362 g/mol. The van der Waals surface area contributed by atoms with Gasteiger partial charge in [0.25, 0.3) is 0 Å². The summed E-state index contributed by atoms with van der Waals surface area (Å²) in [5.74, 6) is 0.897. The summed E-state index contributed by atoms with van der Waals surface area (Å²) in [5.41, 5.74) is 1.42. The van der Waals surface area contributed by atoms with E-state index in [9.17, 15) is 0 Å². The van der Waals surface area contributed by atoms with E-state index in [0.29, 0.717) is 6.04 Å². The molecule has 1 fully saturated rings.